The summed E-state index contributed by atoms with van der Waals surface area (Å²) in [4.78, 5) is 0. The SMILES string of the molecule is CCc1oc2ccccc2c1C(NC)c1cc(Br)sc1Br. The highest BCUT2D eigenvalue weighted by molar-refractivity contribution is 9.12. The second kappa shape index (κ2) is 6.24. The number of nitrogens with one attached hydrogen (secondary N) is 1. The van der Waals surface area contributed by atoms with Gasteiger partial charge in [0.05, 0.1) is 13.6 Å². The van der Waals surface area contributed by atoms with Crippen molar-refractivity contribution in [3.05, 3.63) is 54.8 Å². The molecule has 1 unspecified atom stereocenters. The van der Waals surface area contributed by atoms with Crippen LogP contribution >= 0.6 is 43.2 Å². The van der Waals surface area contributed by atoms with Crippen molar-refractivity contribution >= 4 is 54.2 Å². The summed E-state index contributed by atoms with van der Waals surface area (Å²) in [7, 11) is 1.99. The van der Waals surface area contributed by atoms with Crippen LogP contribution in [0.15, 0.2) is 42.3 Å². The van der Waals surface area contributed by atoms with Crippen LogP contribution in [0.1, 0.15) is 29.9 Å². The Kier molecular flexibility index (Phi) is 4.54. The standard InChI is InChI=1S/C16H15Br2NOS/c1-3-11-14(9-6-4-5-7-12(9)20-11)15(19-2)10-8-13(17)21-16(10)18/h4-8,15,19H,3H2,1-2H3. The molecule has 0 radical (unpaired) electrons. The molecule has 2 aromatic heterocycles. The van der Waals surface area contributed by atoms with Crippen molar-refractivity contribution in [3.63, 3.8) is 0 Å². The number of furan rings is 1. The van der Waals surface area contributed by atoms with Gasteiger partial charge in [0, 0.05) is 17.4 Å². The molecule has 0 aliphatic carbocycles. The lowest BCUT2D eigenvalue weighted by atomic mass is 9.97. The maximum Gasteiger partial charge on any atom is 0.134 e. The molecular weight excluding hydrogens is 414 g/mol. The quantitative estimate of drug-likeness (QED) is 0.560. The molecule has 0 spiro atoms. The first kappa shape index (κ1) is 15.3. The molecule has 0 fully saturated rings. The Hall–Kier alpha value is -0.620. The summed E-state index contributed by atoms with van der Waals surface area (Å²) in [5.41, 5.74) is 3.42. The van der Waals surface area contributed by atoms with E-state index in [9.17, 15) is 0 Å². The topological polar surface area (TPSA) is 25.2 Å². The number of aryl methyl sites for hydroxylation is 1. The van der Waals surface area contributed by atoms with Gasteiger partial charge in [-0.05, 0) is 56.6 Å². The van der Waals surface area contributed by atoms with Gasteiger partial charge in [-0.3, -0.25) is 0 Å². The van der Waals surface area contributed by atoms with Crippen molar-refractivity contribution in [2.24, 2.45) is 0 Å². The smallest absolute Gasteiger partial charge is 0.134 e. The van der Waals surface area contributed by atoms with Crippen LogP contribution in [-0.4, -0.2) is 7.05 Å². The van der Waals surface area contributed by atoms with Gasteiger partial charge in [0.2, 0.25) is 0 Å². The van der Waals surface area contributed by atoms with Crippen molar-refractivity contribution in [1.29, 1.82) is 0 Å². The van der Waals surface area contributed by atoms with Gasteiger partial charge in [0.15, 0.2) is 0 Å². The van der Waals surface area contributed by atoms with E-state index in [4.69, 9.17) is 4.42 Å². The molecule has 1 N–H and O–H groups in total. The zero-order valence-corrected chi connectivity index (χ0v) is 15.7. The van der Waals surface area contributed by atoms with Crippen LogP contribution in [0.5, 0.6) is 0 Å². The molecule has 1 atom stereocenters. The zero-order chi connectivity index (χ0) is 15.0. The highest BCUT2D eigenvalue weighted by Gasteiger charge is 2.24. The summed E-state index contributed by atoms with van der Waals surface area (Å²) in [5.74, 6) is 1.05. The molecule has 2 nitrogen and oxygen atoms in total. The van der Waals surface area contributed by atoms with Gasteiger partial charge in [0.25, 0.3) is 0 Å². The first-order chi connectivity index (χ1) is 10.2. The number of hydrogen-bond donors (Lipinski definition) is 1. The second-order valence-corrected chi connectivity index (χ2v) is 8.54. The Morgan fingerprint density at radius 3 is 2.67 bits per heavy atom. The van der Waals surface area contributed by atoms with E-state index in [1.807, 2.05) is 19.2 Å². The number of para-hydroxylation sites is 1. The van der Waals surface area contributed by atoms with Crippen LogP contribution in [-0.2, 0) is 6.42 Å². The molecular formula is C16H15Br2NOS. The Balaban J connectivity index is 2.23. The maximum absolute atomic E-state index is 6.04. The fraction of sp³-hybridized carbons (Fsp3) is 0.250. The van der Waals surface area contributed by atoms with Gasteiger partial charge in [0.1, 0.15) is 11.3 Å². The molecule has 0 saturated carbocycles. The molecule has 2 heterocycles. The molecule has 0 amide bonds. The van der Waals surface area contributed by atoms with Crippen molar-refractivity contribution in [1.82, 2.24) is 5.32 Å². The maximum atomic E-state index is 6.04. The number of benzene rings is 1. The number of halogens is 2. The van der Waals surface area contributed by atoms with E-state index in [1.54, 1.807) is 11.3 Å². The summed E-state index contributed by atoms with van der Waals surface area (Å²) in [6, 6.07) is 10.5. The highest BCUT2D eigenvalue weighted by atomic mass is 79.9. The summed E-state index contributed by atoms with van der Waals surface area (Å²) in [6.45, 7) is 2.13. The Bertz CT molecular complexity index is 778. The minimum atomic E-state index is 0.112. The van der Waals surface area contributed by atoms with Crippen LogP contribution in [0.3, 0.4) is 0 Å². The van der Waals surface area contributed by atoms with E-state index in [0.717, 1.165) is 25.3 Å². The average molecular weight is 429 g/mol. The fourth-order valence-corrected chi connectivity index (χ4v) is 5.60. The van der Waals surface area contributed by atoms with Crippen molar-refractivity contribution in [2.75, 3.05) is 7.05 Å². The van der Waals surface area contributed by atoms with Gasteiger partial charge in [-0.25, -0.2) is 0 Å². The first-order valence-corrected chi connectivity index (χ1v) is 9.18. The number of fused-ring (bicyclic) bond motifs is 1. The molecule has 3 rings (SSSR count). The lowest BCUT2D eigenvalue weighted by Crippen LogP contribution is -2.18. The van der Waals surface area contributed by atoms with Crippen LogP contribution < -0.4 is 5.32 Å². The average Bonchev–Trinajstić information content (AvgIpc) is 3.01. The van der Waals surface area contributed by atoms with E-state index in [0.29, 0.717) is 0 Å². The Labute approximate surface area is 144 Å². The van der Waals surface area contributed by atoms with Gasteiger partial charge < -0.3 is 9.73 Å². The predicted octanol–water partition coefficient (Wildman–Crippen LogP) is 5.89. The summed E-state index contributed by atoms with van der Waals surface area (Å²) in [5, 5.41) is 4.62. The third kappa shape index (κ3) is 2.72. The highest BCUT2D eigenvalue weighted by Crippen LogP contribution is 2.41. The molecule has 0 saturated heterocycles. The van der Waals surface area contributed by atoms with Crippen LogP contribution in [0.4, 0.5) is 0 Å². The Morgan fingerprint density at radius 1 is 1.29 bits per heavy atom. The van der Waals surface area contributed by atoms with Gasteiger partial charge in [-0.1, -0.05) is 25.1 Å². The molecule has 0 aliphatic heterocycles. The van der Waals surface area contributed by atoms with Crippen LogP contribution in [0, 0.1) is 0 Å². The van der Waals surface area contributed by atoms with Crippen LogP contribution in [0.25, 0.3) is 11.0 Å². The van der Waals surface area contributed by atoms with Gasteiger partial charge in [-0.2, -0.15) is 0 Å². The van der Waals surface area contributed by atoms with Crippen molar-refractivity contribution in [3.8, 4) is 0 Å². The first-order valence-electron chi connectivity index (χ1n) is 6.78. The van der Waals surface area contributed by atoms with E-state index >= 15 is 0 Å². The number of thiophene rings is 1. The van der Waals surface area contributed by atoms with E-state index in [1.165, 1.54) is 16.5 Å². The lowest BCUT2D eigenvalue weighted by molar-refractivity contribution is 0.539. The number of hydrogen-bond acceptors (Lipinski definition) is 3. The van der Waals surface area contributed by atoms with Crippen LogP contribution in [0.2, 0.25) is 0 Å². The zero-order valence-electron chi connectivity index (χ0n) is 11.7. The van der Waals surface area contributed by atoms with Crippen molar-refractivity contribution < 1.29 is 4.42 Å². The second-order valence-electron chi connectivity index (χ2n) is 4.79. The predicted molar refractivity (Wildman–Crippen MR) is 96.2 cm³/mol. The molecule has 110 valence electrons. The van der Waals surface area contributed by atoms with E-state index < -0.39 is 0 Å². The molecule has 1 aromatic carbocycles. The third-order valence-electron chi connectivity index (χ3n) is 3.60. The summed E-state index contributed by atoms with van der Waals surface area (Å²) >= 11 is 8.93. The summed E-state index contributed by atoms with van der Waals surface area (Å²) in [6.07, 6.45) is 0.880. The molecule has 21 heavy (non-hydrogen) atoms. The molecule has 5 heteroatoms. The Morgan fingerprint density at radius 2 is 2.05 bits per heavy atom. The van der Waals surface area contributed by atoms with E-state index in [-0.39, 0.29) is 6.04 Å². The normalized spacial score (nSPS) is 13.0. The number of rotatable bonds is 4. The third-order valence-corrected chi connectivity index (χ3v) is 5.99. The lowest BCUT2D eigenvalue weighted by Gasteiger charge is -2.16. The molecule has 3 aromatic rings. The van der Waals surface area contributed by atoms with Gasteiger partial charge >= 0.3 is 0 Å². The minimum absolute atomic E-state index is 0.112. The largest absolute Gasteiger partial charge is 0.461 e. The summed E-state index contributed by atoms with van der Waals surface area (Å²) < 4.78 is 8.30. The van der Waals surface area contributed by atoms with Crippen molar-refractivity contribution in [2.45, 2.75) is 19.4 Å². The monoisotopic (exact) mass is 427 g/mol. The molecule has 0 bridgehead atoms. The van der Waals surface area contributed by atoms with E-state index in [2.05, 4.69) is 62.3 Å². The fourth-order valence-electron chi connectivity index (χ4n) is 2.70. The molecule has 0 aliphatic rings. The van der Waals surface area contributed by atoms with Gasteiger partial charge in [-0.15, -0.1) is 11.3 Å². The minimum Gasteiger partial charge on any atom is -0.461 e.